The van der Waals surface area contributed by atoms with Crippen LogP contribution in [0, 0.1) is 17.5 Å². The highest BCUT2D eigenvalue weighted by atomic mass is 19.1. The van der Waals surface area contributed by atoms with Crippen molar-refractivity contribution in [3.8, 4) is 11.1 Å². The van der Waals surface area contributed by atoms with Crippen LogP contribution in [0.25, 0.3) is 11.1 Å². The van der Waals surface area contributed by atoms with Gasteiger partial charge < -0.3 is 15.4 Å². The lowest BCUT2D eigenvalue weighted by molar-refractivity contribution is -0.127. The summed E-state index contributed by atoms with van der Waals surface area (Å²) >= 11 is 0. The lowest BCUT2D eigenvalue weighted by Gasteiger charge is -2.43. The molecular weight excluding hydrogens is 445 g/mol. The summed E-state index contributed by atoms with van der Waals surface area (Å²) in [5, 5.41) is 0. The van der Waals surface area contributed by atoms with Crippen LogP contribution in [-0.2, 0) is 15.1 Å². The molecule has 0 aromatic heterocycles. The second-order valence-corrected chi connectivity index (χ2v) is 8.38. The zero-order valence-corrected chi connectivity index (χ0v) is 18.4. The number of halogens is 3. The summed E-state index contributed by atoms with van der Waals surface area (Å²) < 4.78 is 47.2. The van der Waals surface area contributed by atoms with E-state index >= 15 is 0 Å². The van der Waals surface area contributed by atoms with Crippen molar-refractivity contribution in [2.24, 2.45) is 5.73 Å². The Bertz CT molecular complexity index is 1210. The first-order chi connectivity index (χ1) is 16.2. The van der Waals surface area contributed by atoms with Gasteiger partial charge in [-0.2, -0.15) is 0 Å². The van der Waals surface area contributed by atoms with E-state index < -0.39 is 41.1 Å². The van der Waals surface area contributed by atoms with Gasteiger partial charge in [0.25, 0.3) is 0 Å². The van der Waals surface area contributed by atoms with E-state index in [-0.39, 0.29) is 19.4 Å². The molecule has 0 spiro atoms. The highest BCUT2D eigenvalue weighted by molar-refractivity contribution is 5.77. The topological polar surface area (TPSA) is 72.6 Å². The summed E-state index contributed by atoms with van der Waals surface area (Å²) in [6, 6.07) is 15.0. The number of hydrogen-bond donors (Lipinski definition) is 1. The van der Waals surface area contributed by atoms with Crippen LogP contribution in [0.15, 0.2) is 66.7 Å². The molecule has 3 aromatic rings. The molecule has 34 heavy (non-hydrogen) atoms. The summed E-state index contributed by atoms with van der Waals surface area (Å²) in [4.78, 5) is 26.2. The molecule has 0 radical (unpaired) electrons. The maximum absolute atomic E-state index is 14.9. The molecule has 3 aromatic carbocycles. The first kappa shape index (κ1) is 23.4. The van der Waals surface area contributed by atoms with E-state index in [1.807, 2.05) is 0 Å². The molecule has 5 nitrogen and oxygen atoms in total. The monoisotopic (exact) mass is 468 g/mol. The van der Waals surface area contributed by atoms with E-state index in [1.165, 1.54) is 59.5 Å². The van der Waals surface area contributed by atoms with Crippen molar-refractivity contribution in [2.75, 3.05) is 6.54 Å². The van der Waals surface area contributed by atoms with E-state index in [1.54, 1.807) is 19.1 Å². The van der Waals surface area contributed by atoms with Crippen molar-refractivity contribution in [2.45, 2.75) is 31.4 Å². The molecular formula is C26H23F3N2O3. The van der Waals surface area contributed by atoms with Crippen molar-refractivity contribution in [3.63, 3.8) is 0 Å². The molecule has 176 valence electrons. The van der Waals surface area contributed by atoms with Gasteiger partial charge in [-0.3, -0.25) is 4.79 Å². The minimum absolute atomic E-state index is 0.214. The molecule has 8 heteroatoms. The Morgan fingerprint density at radius 2 is 1.65 bits per heavy atom. The van der Waals surface area contributed by atoms with Gasteiger partial charge in [-0.1, -0.05) is 36.4 Å². The number of cyclic esters (lactones) is 1. The molecule has 1 saturated heterocycles. The maximum Gasteiger partial charge on any atom is 0.411 e. The average Bonchev–Trinajstić information content (AvgIpc) is 2.79. The molecule has 1 fully saturated rings. The molecule has 2 atom stereocenters. The molecule has 0 unspecified atom stereocenters. The molecule has 0 aliphatic carbocycles. The Kier molecular flexibility index (Phi) is 6.32. The fraction of sp³-hybridized carbons (Fsp3) is 0.231. The van der Waals surface area contributed by atoms with Crippen LogP contribution >= 0.6 is 0 Å². The van der Waals surface area contributed by atoms with Crippen molar-refractivity contribution < 1.29 is 27.5 Å². The van der Waals surface area contributed by atoms with E-state index in [0.29, 0.717) is 22.3 Å². The van der Waals surface area contributed by atoms with Gasteiger partial charge in [0.1, 0.15) is 23.1 Å². The van der Waals surface area contributed by atoms with Crippen LogP contribution in [0.2, 0.25) is 0 Å². The van der Waals surface area contributed by atoms with E-state index in [0.717, 1.165) is 0 Å². The van der Waals surface area contributed by atoms with Gasteiger partial charge in [0, 0.05) is 18.5 Å². The first-order valence-electron chi connectivity index (χ1n) is 10.8. The number of ether oxygens (including phenoxy) is 1. The van der Waals surface area contributed by atoms with E-state index in [2.05, 4.69) is 0 Å². The largest absolute Gasteiger partial charge is 0.437 e. The number of nitrogens with zero attached hydrogens (tertiary/aromatic N) is 1. The Hall–Kier alpha value is -3.81. The molecule has 1 aliphatic heterocycles. The van der Waals surface area contributed by atoms with Crippen LogP contribution < -0.4 is 5.73 Å². The predicted molar refractivity (Wildman–Crippen MR) is 120 cm³/mol. The van der Waals surface area contributed by atoms with Gasteiger partial charge in [0.2, 0.25) is 5.91 Å². The Labute approximate surface area is 194 Å². The summed E-state index contributed by atoms with van der Waals surface area (Å²) in [5.41, 5.74) is 5.98. The molecule has 4 rings (SSSR count). The SMILES string of the molecule is C[C@@H](c1ccc(-c2ccc(F)cc2)c(F)c1)N1CC[C@](CC(N)=O)(c2ccc(F)cc2)OC1=O. The number of amides is 2. The van der Waals surface area contributed by atoms with Crippen molar-refractivity contribution in [1.82, 2.24) is 4.90 Å². The summed E-state index contributed by atoms with van der Waals surface area (Å²) in [5.74, 6) is -2.03. The van der Waals surface area contributed by atoms with Crippen LogP contribution in [0.1, 0.15) is 36.9 Å². The Morgan fingerprint density at radius 3 is 2.21 bits per heavy atom. The number of benzene rings is 3. The second kappa shape index (κ2) is 9.21. The fourth-order valence-corrected chi connectivity index (χ4v) is 4.32. The van der Waals surface area contributed by atoms with Gasteiger partial charge >= 0.3 is 6.09 Å². The van der Waals surface area contributed by atoms with Crippen molar-refractivity contribution >= 4 is 12.0 Å². The number of primary amides is 1. The maximum atomic E-state index is 14.9. The van der Waals surface area contributed by atoms with Gasteiger partial charge in [-0.25, -0.2) is 18.0 Å². The number of carbonyl (C=O) groups excluding carboxylic acids is 2. The normalized spacial score (nSPS) is 18.9. The minimum Gasteiger partial charge on any atom is -0.437 e. The third-order valence-corrected chi connectivity index (χ3v) is 6.20. The van der Waals surface area contributed by atoms with Gasteiger partial charge in [-0.15, -0.1) is 0 Å². The molecule has 1 heterocycles. The van der Waals surface area contributed by atoms with Crippen LogP contribution in [-0.4, -0.2) is 23.4 Å². The van der Waals surface area contributed by atoms with Crippen LogP contribution in [0.3, 0.4) is 0 Å². The van der Waals surface area contributed by atoms with E-state index in [9.17, 15) is 22.8 Å². The van der Waals surface area contributed by atoms with Crippen molar-refractivity contribution in [3.05, 3.63) is 95.3 Å². The summed E-state index contributed by atoms with van der Waals surface area (Å²) in [6.45, 7) is 1.96. The zero-order chi connectivity index (χ0) is 24.5. The van der Waals surface area contributed by atoms with Crippen LogP contribution in [0.4, 0.5) is 18.0 Å². The molecule has 1 aliphatic rings. The second-order valence-electron chi connectivity index (χ2n) is 8.38. The lowest BCUT2D eigenvalue weighted by atomic mass is 9.85. The Balaban J connectivity index is 1.56. The number of carbonyl (C=O) groups is 2. The minimum atomic E-state index is -1.30. The first-order valence-corrected chi connectivity index (χ1v) is 10.8. The average molecular weight is 468 g/mol. The summed E-state index contributed by atoms with van der Waals surface area (Å²) in [6.07, 6.45) is -0.686. The highest BCUT2D eigenvalue weighted by Gasteiger charge is 2.44. The van der Waals surface area contributed by atoms with Gasteiger partial charge in [0.15, 0.2) is 0 Å². The number of rotatable bonds is 6. The van der Waals surface area contributed by atoms with Gasteiger partial charge in [-0.05, 0) is 53.9 Å². The molecule has 0 bridgehead atoms. The third-order valence-electron chi connectivity index (χ3n) is 6.20. The zero-order valence-electron chi connectivity index (χ0n) is 18.4. The van der Waals surface area contributed by atoms with Crippen molar-refractivity contribution in [1.29, 1.82) is 0 Å². The Morgan fingerprint density at radius 1 is 1.03 bits per heavy atom. The number of hydrogen-bond acceptors (Lipinski definition) is 3. The van der Waals surface area contributed by atoms with E-state index in [4.69, 9.17) is 10.5 Å². The fourth-order valence-electron chi connectivity index (χ4n) is 4.32. The highest BCUT2D eigenvalue weighted by Crippen LogP contribution is 2.40. The standard InChI is InChI=1S/C26H23F3N2O3/c1-16(18-4-11-22(23(29)14-18)17-2-7-20(27)8-3-17)31-13-12-26(15-24(30)32,34-25(31)33)19-5-9-21(28)10-6-19/h2-11,14,16H,12-13,15H2,1H3,(H2,30,32)/t16-,26-/m0/s1. The third kappa shape index (κ3) is 4.62. The molecule has 0 saturated carbocycles. The summed E-state index contributed by atoms with van der Waals surface area (Å²) in [7, 11) is 0. The van der Waals surface area contributed by atoms with Gasteiger partial charge in [0.05, 0.1) is 12.5 Å². The number of nitrogens with two attached hydrogens (primary N) is 1. The molecule has 2 N–H and O–H groups in total. The quantitative estimate of drug-likeness (QED) is 0.523. The predicted octanol–water partition coefficient (Wildman–Crippen LogP) is 5.45. The lowest BCUT2D eigenvalue weighted by Crippen LogP contribution is -2.50. The van der Waals surface area contributed by atoms with Crippen LogP contribution in [0.5, 0.6) is 0 Å². The smallest absolute Gasteiger partial charge is 0.411 e. The molecule has 2 amide bonds.